The number of aromatic carboxylic acids is 1. The van der Waals surface area contributed by atoms with E-state index in [9.17, 15) is 14.3 Å². The first-order chi connectivity index (χ1) is 8.93. The van der Waals surface area contributed by atoms with Gasteiger partial charge < -0.3 is 20.5 Å². The van der Waals surface area contributed by atoms with Crippen molar-refractivity contribution in [1.82, 2.24) is 0 Å². The van der Waals surface area contributed by atoms with Gasteiger partial charge in [-0.25, -0.2) is 9.18 Å². The largest absolute Gasteiger partial charge is 0.478 e. The Morgan fingerprint density at radius 2 is 2.26 bits per heavy atom. The van der Waals surface area contributed by atoms with Crippen LogP contribution in [-0.4, -0.2) is 36.9 Å². The van der Waals surface area contributed by atoms with Crippen molar-refractivity contribution < 1.29 is 19.0 Å². The Bertz CT molecular complexity index is 507. The number of ether oxygens (including phenoxy) is 1. The van der Waals surface area contributed by atoms with E-state index >= 15 is 0 Å². The summed E-state index contributed by atoms with van der Waals surface area (Å²) in [6.07, 6.45) is 0.798. The molecule has 1 heterocycles. The summed E-state index contributed by atoms with van der Waals surface area (Å²) in [4.78, 5) is 13.1. The van der Waals surface area contributed by atoms with Gasteiger partial charge in [0.1, 0.15) is 11.4 Å². The van der Waals surface area contributed by atoms with Crippen LogP contribution in [0, 0.1) is 5.82 Å². The van der Waals surface area contributed by atoms with Gasteiger partial charge in [-0.2, -0.15) is 0 Å². The van der Waals surface area contributed by atoms with Gasteiger partial charge in [-0.15, -0.1) is 0 Å². The highest BCUT2D eigenvalue weighted by Crippen LogP contribution is 2.31. The molecule has 0 bridgehead atoms. The van der Waals surface area contributed by atoms with Crippen LogP contribution in [0.3, 0.4) is 0 Å². The van der Waals surface area contributed by atoms with Crippen molar-refractivity contribution in [3.05, 3.63) is 23.5 Å². The molecule has 1 fully saturated rings. The lowest BCUT2D eigenvalue weighted by molar-refractivity contribution is 0.0697. The number of carboxylic acid groups (broad SMARTS) is 1. The van der Waals surface area contributed by atoms with Gasteiger partial charge in [0, 0.05) is 13.7 Å². The van der Waals surface area contributed by atoms with Crippen molar-refractivity contribution in [3.8, 4) is 0 Å². The molecule has 2 rings (SSSR count). The van der Waals surface area contributed by atoms with Crippen molar-refractivity contribution in [2.24, 2.45) is 0 Å². The topological polar surface area (TPSA) is 75.8 Å². The molecule has 5 nitrogen and oxygen atoms in total. The Balaban J connectivity index is 2.44. The van der Waals surface area contributed by atoms with E-state index in [4.69, 9.17) is 10.5 Å². The highest BCUT2D eigenvalue weighted by molar-refractivity contribution is 6.00. The summed E-state index contributed by atoms with van der Waals surface area (Å²) in [5.74, 6) is -1.95. The van der Waals surface area contributed by atoms with Crippen LogP contribution in [0.4, 0.5) is 15.8 Å². The number of likely N-dealkylation sites (N-methyl/N-ethyl adjacent to an activating group) is 1. The minimum Gasteiger partial charge on any atom is -0.478 e. The molecule has 0 spiro atoms. The van der Waals surface area contributed by atoms with Crippen LogP contribution < -0.4 is 10.6 Å². The second kappa shape index (κ2) is 5.05. The average Bonchev–Trinajstić information content (AvgIpc) is 2.77. The fourth-order valence-corrected chi connectivity index (χ4v) is 2.51. The molecule has 104 valence electrons. The molecule has 3 N–H and O–H groups in total. The van der Waals surface area contributed by atoms with E-state index in [-0.39, 0.29) is 23.4 Å². The van der Waals surface area contributed by atoms with Gasteiger partial charge in [-0.1, -0.05) is 0 Å². The van der Waals surface area contributed by atoms with Crippen LogP contribution in [0.2, 0.25) is 0 Å². The van der Waals surface area contributed by atoms with Crippen LogP contribution in [0.15, 0.2) is 12.1 Å². The lowest BCUT2D eigenvalue weighted by atomic mass is 10.1. The fourth-order valence-electron chi connectivity index (χ4n) is 2.51. The molecule has 0 aliphatic carbocycles. The Hall–Kier alpha value is -1.82. The number of anilines is 2. The Morgan fingerprint density at radius 1 is 1.58 bits per heavy atom. The number of benzene rings is 1. The van der Waals surface area contributed by atoms with E-state index in [1.54, 1.807) is 11.9 Å². The molecular formula is C13H17FN2O3. The first kappa shape index (κ1) is 13.6. The molecule has 1 aromatic carbocycles. The lowest BCUT2D eigenvalue weighted by Crippen LogP contribution is -2.37. The van der Waals surface area contributed by atoms with Crippen LogP contribution >= 0.6 is 0 Å². The third kappa shape index (κ3) is 2.35. The second-order valence-corrected chi connectivity index (χ2v) is 4.70. The highest BCUT2D eigenvalue weighted by Gasteiger charge is 2.31. The summed E-state index contributed by atoms with van der Waals surface area (Å²) in [5.41, 5.74) is 5.43. The van der Waals surface area contributed by atoms with Crippen molar-refractivity contribution in [2.45, 2.75) is 25.5 Å². The number of carboxylic acids is 1. The van der Waals surface area contributed by atoms with Crippen LogP contribution in [-0.2, 0) is 4.74 Å². The molecule has 0 amide bonds. The smallest absolute Gasteiger partial charge is 0.340 e. The third-order valence-corrected chi connectivity index (χ3v) is 3.60. The maximum absolute atomic E-state index is 13.4. The summed E-state index contributed by atoms with van der Waals surface area (Å²) in [6, 6.07) is 2.69. The molecule has 1 aliphatic heterocycles. The van der Waals surface area contributed by atoms with Crippen LogP contribution in [0.25, 0.3) is 0 Å². The number of rotatable bonds is 3. The molecule has 1 aliphatic rings. The first-order valence-electron chi connectivity index (χ1n) is 6.09. The van der Waals surface area contributed by atoms with E-state index in [1.165, 1.54) is 12.1 Å². The number of nitrogen functional groups attached to an aromatic ring is 1. The normalized spacial score (nSPS) is 22.5. The van der Waals surface area contributed by atoms with E-state index < -0.39 is 11.8 Å². The predicted molar refractivity (Wildman–Crippen MR) is 70.0 cm³/mol. The molecule has 0 aromatic heterocycles. The number of nitrogens with two attached hydrogens (primary N) is 1. The molecular weight excluding hydrogens is 251 g/mol. The van der Waals surface area contributed by atoms with Gasteiger partial charge >= 0.3 is 5.97 Å². The van der Waals surface area contributed by atoms with Crippen molar-refractivity contribution in [3.63, 3.8) is 0 Å². The summed E-state index contributed by atoms with van der Waals surface area (Å²) >= 11 is 0. The number of halogens is 1. The van der Waals surface area contributed by atoms with Gasteiger partial charge in [-0.05, 0) is 25.5 Å². The quantitative estimate of drug-likeness (QED) is 0.816. The van der Waals surface area contributed by atoms with Crippen molar-refractivity contribution >= 4 is 17.3 Å². The van der Waals surface area contributed by atoms with Gasteiger partial charge in [0.05, 0.1) is 23.5 Å². The van der Waals surface area contributed by atoms with E-state index in [0.717, 1.165) is 6.42 Å². The van der Waals surface area contributed by atoms with E-state index in [0.29, 0.717) is 12.3 Å². The molecule has 2 atom stereocenters. The molecule has 1 aromatic rings. The molecule has 0 radical (unpaired) electrons. The van der Waals surface area contributed by atoms with E-state index in [2.05, 4.69) is 0 Å². The summed E-state index contributed by atoms with van der Waals surface area (Å²) in [5, 5.41) is 9.22. The van der Waals surface area contributed by atoms with Crippen LogP contribution in [0.1, 0.15) is 23.7 Å². The molecule has 6 heteroatoms. The van der Waals surface area contributed by atoms with Crippen molar-refractivity contribution in [1.29, 1.82) is 0 Å². The molecule has 0 saturated carbocycles. The highest BCUT2D eigenvalue weighted by atomic mass is 19.1. The maximum atomic E-state index is 13.4. The lowest BCUT2D eigenvalue weighted by Gasteiger charge is -2.30. The monoisotopic (exact) mass is 268 g/mol. The first-order valence-corrected chi connectivity index (χ1v) is 6.09. The minimum atomic E-state index is -1.23. The number of nitrogens with zero attached hydrogens (tertiary/aromatic N) is 1. The number of hydrogen-bond acceptors (Lipinski definition) is 4. The zero-order valence-electron chi connectivity index (χ0n) is 10.9. The maximum Gasteiger partial charge on any atom is 0.340 e. The van der Waals surface area contributed by atoms with Gasteiger partial charge in [0.25, 0.3) is 0 Å². The number of hydrogen-bond donors (Lipinski definition) is 2. The second-order valence-electron chi connectivity index (χ2n) is 4.70. The Labute approximate surface area is 110 Å². The van der Waals surface area contributed by atoms with Crippen molar-refractivity contribution in [2.75, 3.05) is 24.3 Å². The zero-order valence-corrected chi connectivity index (χ0v) is 10.9. The third-order valence-electron chi connectivity index (χ3n) is 3.60. The van der Waals surface area contributed by atoms with Crippen LogP contribution in [0.5, 0.6) is 0 Å². The summed E-state index contributed by atoms with van der Waals surface area (Å²) < 4.78 is 18.9. The molecule has 19 heavy (non-hydrogen) atoms. The molecule has 1 saturated heterocycles. The minimum absolute atomic E-state index is 0.00192. The SMILES string of the molecule is CC1OCCC1N(C)c1ccc(F)c(N)c1C(=O)O. The molecule has 2 unspecified atom stereocenters. The predicted octanol–water partition coefficient (Wildman–Crippen LogP) is 1.72. The van der Waals surface area contributed by atoms with Gasteiger partial charge in [-0.3, -0.25) is 0 Å². The zero-order chi connectivity index (χ0) is 14.2. The fraction of sp³-hybridized carbons (Fsp3) is 0.462. The summed E-state index contributed by atoms with van der Waals surface area (Å²) in [7, 11) is 1.77. The Kier molecular flexibility index (Phi) is 3.61. The standard InChI is InChI=1S/C13H17FN2O3/c1-7-9(5-6-19-7)16(2)10-4-3-8(14)12(15)11(10)13(17)18/h3-4,7,9H,5-6,15H2,1-2H3,(H,17,18). The summed E-state index contributed by atoms with van der Waals surface area (Å²) in [6.45, 7) is 2.57. The van der Waals surface area contributed by atoms with Gasteiger partial charge in [0.2, 0.25) is 0 Å². The Morgan fingerprint density at radius 3 is 2.79 bits per heavy atom. The van der Waals surface area contributed by atoms with Gasteiger partial charge in [0.15, 0.2) is 0 Å². The van der Waals surface area contributed by atoms with E-state index in [1.807, 2.05) is 6.92 Å². The number of carbonyl (C=O) groups is 1. The average molecular weight is 268 g/mol.